The number of fused-ring (bicyclic) bond motifs is 1. The Bertz CT molecular complexity index is 1390. The van der Waals surface area contributed by atoms with Crippen molar-refractivity contribution in [1.82, 2.24) is 0 Å². The van der Waals surface area contributed by atoms with E-state index in [-0.39, 0.29) is 46.3 Å². The van der Waals surface area contributed by atoms with Crippen LogP contribution in [0.1, 0.15) is 35.9 Å². The number of hydrogen-bond acceptors (Lipinski definition) is 3. The van der Waals surface area contributed by atoms with Gasteiger partial charge in [-0.05, 0) is 53.8 Å². The average molecular weight is 515 g/mol. The number of rotatable bonds is 2. The summed E-state index contributed by atoms with van der Waals surface area (Å²) in [7, 11) is 0. The van der Waals surface area contributed by atoms with Gasteiger partial charge in [-0.25, -0.2) is 4.39 Å². The number of carbonyl (C=O) groups excluding carboxylic acids is 2. The zero-order valence-corrected chi connectivity index (χ0v) is 19.4. The summed E-state index contributed by atoms with van der Waals surface area (Å²) in [6.45, 7) is 0. The van der Waals surface area contributed by atoms with Crippen LogP contribution in [0.5, 0.6) is 0 Å². The molecule has 0 saturated heterocycles. The van der Waals surface area contributed by atoms with Gasteiger partial charge in [0.05, 0.1) is 17.4 Å². The van der Waals surface area contributed by atoms with Gasteiger partial charge in [-0.15, -0.1) is 0 Å². The number of alkyl halides is 3. The summed E-state index contributed by atoms with van der Waals surface area (Å²) < 4.78 is 55.2. The topological polar surface area (TPSA) is 49.4 Å². The van der Waals surface area contributed by atoms with E-state index in [4.69, 9.17) is 11.6 Å². The molecular weight excluding hydrogens is 496 g/mol. The van der Waals surface area contributed by atoms with Crippen molar-refractivity contribution in [3.63, 3.8) is 0 Å². The molecule has 36 heavy (non-hydrogen) atoms. The second-order valence-electron chi connectivity index (χ2n) is 8.71. The van der Waals surface area contributed by atoms with E-state index in [1.54, 1.807) is 36.4 Å². The number of para-hydroxylation sites is 2. The summed E-state index contributed by atoms with van der Waals surface area (Å²) in [6, 6.07) is 16.7. The number of benzene rings is 3. The fraction of sp³-hybridized carbons (Fsp3) is 0.185. The molecule has 9 heteroatoms. The molecule has 5 rings (SSSR count). The van der Waals surface area contributed by atoms with Crippen LogP contribution in [0.25, 0.3) is 0 Å². The highest BCUT2D eigenvalue weighted by Crippen LogP contribution is 2.49. The molecule has 0 bridgehead atoms. The van der Waals surface area contributed by atoms with E-state index in [0.717, 1.165) is 5.56 Å². The van der Waals surface area contributed by atoms with Gasteiger partial charge < -0.3 is 5.32 Å². The van der Waals surface area contributed by atoms with Crippen molar-refractivity contribution in [1.29, 1.82) is 0 Å². The van der Waals surface area contributed by atoms with Gasteiger partial charge in [-0.3, -0.25) is 14.5 Å². The van der Waals surface area contributed by atoms with Crippen LogP contribution in [0.15, 0.2) is 84.1 Å². The smallest absolute Gasteiger partial charge is 0.357 e. The molecule has 2 atom stereocenters. The average Bonchev–Trinajstić information content (AvgIpc) is 2.98. The third kappa shape index (κ3) is 4.26. The molecule has 3 aromatic carbocycles. The van der Waals surface area contributed by atoms with Gasteiger partial charge >= 0.3 is 12.1 Å². The van der Waals surface area contributed by atoms with Crippen molar-refractivity contribution in [2.24, 2.45) is 0 Å². The van der Waals surface area contributed by atoms with Crippen molar-refractivity contribution >= 4 is 34.7 Å². The number of hydrogen-bond donors (Lipinski definition) is 1. The molecule has 1 N–H and O–H groups in total. The van der Waals surface area contributed by atoms with E-state index in [1.807, 2.05) is 0 Å². The number of nitrogens with one attached hydrogen (secondary N) is 1. The van der Waals surface area contributed by atoms with E-state index in [2.05, 4.69) is 5.32 Å². The molecule has 3 aromatic rings. The Balaban J connectivity index is 1.74. The first kappa shape index (κ1) is 24.1. The van der Waals surface area contributed by atoms with Gasteiger partial charge in [0.2, 0.25) is 0 Å². The molecule has 0 saturated carbocycles. The van der Waals surface area contributed by atoms with E-state index in [0.29, 0.717) is 10.6 Å². The number of Topliss-reactive ketones (excluding diaryl/α,β-unsaturated/α-hetero) is 1. The Kier molecular flexibility index (Phi) is 6.08. The third-order valence-electron chi connectivity index (χ3n) is 6.49. The summed E-state index contributed by atoms with van der Waals surface area (Å²) in [5.74, 6) is -3.27. The first-order chi connectivity index (χ1) is 17.1. The monoisotopic (exact) mass is 514 g/mol. The summed E-state index contributed by atoms with van der Waals surface area (Å²) >= 11 is 6.43. The molecule has 1 heterocycles. The highest BCUT2D eigenvalue weighted by molar-refractivity contribution is 6.31. The van der Waals surface area contributed by atoms with Crippen LogP contribution < -0.4 is 10.2 Å². The lowest BCUT2D eigenvalue weighted by molar-refractivity contribution is -0.170. The number of allylic oxidation sites excluding steroid dienone is 1. The number of ketones is 1. The molecule has 1 aliphatic carbocycles. The first-order valence-electron chi connectivity index (χ1n) is 11.2. The van der Waals surface area contributed by atoms with Crippen molar-refractivity contribution in [2.45, 2.75) is 31.0 Å². The minimum atomic E-state index is -5.20. The number of anilines is 2. The Labute approximate surface area is 209 Å². The van der Waals surface area contributed by atoms with Crippen molar-refractivity contribution in [3.05, 3.63) is 106 Å². The van der Waals surface area contributed by atoms with Crippen LogP contribution in [0.3, 0.4) is 0 Å². The number of amides is 1. The van der Waals surface area contributed by atoms with Crippen LogP contribution in [-0.4, -0.2) is 17.9 Å². The molecule has 0 spiro atoms. The van der Waals surface area contributed by atoms with Gasteiger partial charge in [-0.2, -0.15) is 13.2 Å². The highest BCUT2D eigenvalue weighted by atomic mass is 35.5. The summed E-state index contributed by atoms with van der Waals surface area (Å²) in [5.41, 5.74) is 1.62. The minimum absolute atomic E-state index is 0.0164. The quantitative estimate of drug-likeness (QED) is 0.377. The third-order valence-corrected chi connectivity index (χ3v) is 6.84. The zero-order valence-electron chi connectivity index (χ0n) is 18.7. The van der Waals surface area contributed by atoms with Crippen LogP contribution >= 0.6 is 11.6 Å². The first-order valence-corrected chi connectivity index (χ1v) is 11.6. The molecule has 4 nitrogen and oxygen atoms in total. The van der Waals surface area contributed by atoms with Gasteiger partial charge in [-0.1, -0.05) is 54.1 Å². The van der Waals surface area contributed by atoms with E-state index in [1.165, 1.54) is 36.4 Å². The van der Waals surface area contributed by atoms with Gasteiger partial charge in [0.1, 0.15) is 5.82 Å². The fourth-order valence-corrected chi connectivity index (χ4v) is 5.15. The minimum Gasteiger partial charge on any atom is -0.357 e. The van der Waals surface area contributed by atoms with Crippen LogP contribution in [0, 0.1) is 5.82 Å². The molecular formula is C27H19ClF4N2O2. The van der Waals surface area contributed by atoms with Gasteiger partial charge in [0.15, 0.2) is 5.78 Å². The van der Waals surface area contributed by atoms with Crippen LogP contribution in [0.2, 0.25) is 5.02 Å². The summed E-state index contributed by atoms with van der Waals surface area (Å²) in [5, 5.41) is 3.27. The van der Waals surface area contributed by atoms with Crippen molar-refractivity contribution in [2.75, 3.05) is 10.2 Å². The molecule has 2 unspecified atom stereocenters. The largest absolute Gasteiger partial charge is 0.471 e. The molecule has 1 amide bonds. The fourth-order valence-electron chi connectivity index (χ4n) is 4.91. The molecule has 0 aromatic heterocycles. The number of halogens is 5. The van der Waals surface area contributed by atoms with Crippen molar-refractivity contribution in [3.8, 4) is 0 Å². The van der Waals surface area contributed by atoms with Crippen LogP contribution in [0.4, 0.5) is 28.9 Å². The van der Waals surface area contributed by atoms with Gasteiger partial charge in [0.25, 0.3) is 0 Å². The maximum atomic E-state index is 13.9. The molecule has 0 fully saturated rings. The number of carbonyl (C=O) groups is 2. The highest BCUT2D eigenvalue weighted by Gasteiger charge is 2.50. The maximum absolute atomic E-state index is 13.9. The lowest BCUT2D eigenvalue weighted by Crippen LogP contribution is -2.45. The predicted octanol–water partition coefficient (Wildman–Crippen LogP) is 6.94. The Morgan fingerprint density at radius 2 is 1.61 bits per heavy atom. The Morgan fingerprint density at radius 3 is 2.31 bits per heavy atom. The van der Waals surface area contributed by atoms with Crippen molar-refractivity contribution < 1.29 is 27.2 Å². The van der Waals surface area contributed by atoms with Gasteiger partial charge in [0, 0.05) is 22.7 Å². The van der Waals surface area contributed by atoms with E-state index < -0.39 is 29.7 Å². The van der Waals surface area contributed by atoms with E-state index in [9.17, 15) is 27.2 Å². The molecule has 2 aliphatic rings. The normalized spacial score (nSPS) is 19.8. The SMILES string of the molecule is O=C1CC(c2ccc(F)cc2)CC2=C1C(c1ccccc1Cl)N(C(=O)C(F)(F)F)c1ccccc1N2. The number of nitrogens with zero attached hydrogens (tertiary/aromatic N) is 1. The predicted molar refractivity (Wildman–Crippen MR) is 128 cm³/mol. The molecule has 1 aliphatic heterocycles. The molecule has 0 radical (unpaired) electrons. The lowest BCUT2D eigenvalue weighted by Gasteiger charge is -2.35. The summed E-state index contributed by atoms with van der Waals surface area (Å²) in [6.07, 6.45) is -4.94. The maximum Gasteiger partial charge on any atom is 0.471 e. The Morgan fingerprint density at radius 1 is 0.944 bits per heavy atom. The van der Waals surface area contributed by atoms with E-state index >= 15 is 0 Å². The lowest BCUT2D eigenvalue weighted by atomic mass is 9.78. The molecule has 184 valence electrons. The zero-order chi connectivity index (χ0) is 25.6. The second kappa shape index (κ2) is 9.09. The standard InChI is InChI=1S/C27H19ClF4N2O2/c28-19-6-2-1-5-18(19)25-24-21(13-16(14-23(24)35)15-9-11-17(29)12-10-15)33-20-7-3-4-8-22(20)34(25)26(36)27(30,31)32/h1-12,16,25,33H,13-14H2. The van der Waals surface area contributed by atoms with Crippen LogP contribution in [-0.2, 0) is 9.59 Å². The second-order valence-corrected chi connectivity index (χ2v) is 9.12. The Hall–Kier alpha value is -3.65. The summed E-state index contributed by atoms with van der Waals surface area (Å²) in [4.78, 5) is 27.2.